The molecule has 3 heterocycles. The molecule has 1 aliphatic heterocycles. The average Bonchev–Trinajstić information content (AvgIpc) is 3.32. The molecule has 11 nitrogen and oxygen atoms in total. The molecule has 206 valence electrons. The van der Waals surface area contributed by atoms with Gasteiger partial charge in [0.15, 0.2) is 11.6 Å². The summed E-state index contributed by atoms with van der Waals surface area (Å²) in [4.78, 5) is 54.4. The van der Waals surface area contributed by atoms with Crippen LogP contribution in [0.2, 0.25) is 0 Å². The molecule has 1 aliphatic rings. The highest BCUT2D eigenvalue weighted by atomic mass is 19.1. The molecule has 1 saturated heterocycles. The van der Waals surface area contributed by atoms with E-state index in [1.54, 1.807) is 0 Å². The van der Waals surface area contributed by atoms with Gasteiger partial charge in [-0.25, -0.2) is 22.9 Å². The third kappa shape index (κ3) is 5.55. The molecular weight excluding hydrogens is 521 g/mol. The monoisotopic (exact) mass is 546 g/mol. The number of carbonyl (C=O) groups excluding carboxylic acids is 2. The van der Waals surface area contributed by atoms with Crippen molar-refractivity contribution < 1.29 is 32.7 Å². The number of nitrogens with two attached hydrogens (primary N) is 1. The summed E-state index contributed by atoms with van der Waals surface area (Å²) in [5, 5.41) is 14.7. The first kappa shape index (κ1) is 27.6. The van der Waals surface area contributed by atoms with Gasteiger partial charge in [0.05, 0.1) is 12.2 Å². The summed E-state index contributed by atoms with van der Waals surface area (Å²) in [6, 6.07) is 1.43. The Morgan fingerprint density at radius 2 is 1.82 bits per heavy atom. The minimum absolute atomic E-state index is 0.122. The van der Waals surface area contributed by atoms with Crippen molar-refractivity contribution in [2.75, 3.05) is 18.0 Å². The third-order valence-electron chi connectivity index (χ3n) is 6.33. The normalized spacial score (nSPS) is 16.7. The molecule has 2 amide bonds. The number of hydrogen-bond donors (Lipinski definition) is 4. The zero-order valence-electron chi connectivity index (χ0n) is 20.9. The number of nitrogens with one attached hydrogen (secondary N) is 2. The van der Waals surface area contributed by atoms with Crippen LogP contribution in [0.15, 0.2) is 35.3 Å². The number of anilines is 1. The summed E-state index contributed by atoms with van der Waals surface area (Å²) >= 11 is 0. The average molecular weight is 547 g/mol. The maximum atomic E-state index is 15.2. The predicted octanol–water partition coefficient (Wildman–Crippen LogP) is 1.02. The van der Waals surface area contributed by atoms with Gasteiger partial charge < -0.3 is 26.4 Å². The summed E-state index contributed by atoms with van der Waals surface area (Å²) in [7, 11) is 0. The highest BCUT2D eigenvalue weighted by molar-refractivity contribution is 5.92. The summed E-state index contributed by atoms with van der Waals surface area (Å²) in [5.41, 5.74) is 3.01. The number of halogens is 3. The Labute approximate surface area is 219 Å². The van der Waals surface area contributed by atoms with Crippen LogP contribution in [0.25, 0.3) is 16.8 Å². The maximum absolute atomic E-state index is 15.2. The van der Waals surface area contributed by atoms with Gasteiger partial charge in [-0.2, -0.15) is 0 Å². The molecule has 0 saturated carbocycles. The van der Waals surface area contributed by atoms with Crippen molar-refractivity contribution >= 4 is 29.2 Å². The van der Waals surface area contributed by atoms with Crippen LogP contribution in [0.4, 0.5) is 19.0 Å². The SMILES string of the molecule is C[C@H](NC(=O)[C@@H](C)N)C(=O)NC1CCN(c2nc3c(-c4ccc(F)cc4F)cc(C(=O)O)c(=O)n3cc2F)C1. The van der Waals surface area contributed by atoms with Crippen LogP contribution in [0.3, 0.4) is 0 Å². The van der Waals surface area contributed by atoms with Crippen LogP contribution in [-0.2, 0) is 9.59 Å². The summed E-state index contributed by atoms with van der Waals surface area (Å²) < 4.78 is 44.1. The van der Waals surface area contributed by atoms with Crippen molar-refractivity contribution in [3.05, 3.63) is 63.8 Å². The van der Waals surface area contributed by atoms with E-state index in [4.69, 9.17) is 5.73 Å². The smallest absolute Gasteiger partial charge is 0.341 e. The van der Waals surface area contributed by atoms with E-state index in [1.807, 2.05) is 0 Å². The minimum atomic E-state index is -1.62. The van der Waals surface area contributed by atoms with Crippen molar-refractivity contribution in [1.82, 2.24) is 20.0 Å². The van der Waals surface area contributed by atoms with Crippen molar-refractivity contribution in [3.63, 3.8) is 0 Å². The van der Waals surface area contributed by atoms with Crippen LogP contribution in [-0.4, -0.2) is 63.5 Å². The molecule has 3 atom stereocenters. The lowest BCUT2D eigenvalue weighted by atomic mass is 10.0. The first-order valence-corrected chi connectivity index (χ1v) is 11.9. The van der Waals surface area contributed by atoms with Crippen LogP contribution in [0, 0.1) is 17.5 Å². The summed E-state index contributed by atoms with van der Waals surface area (Å²) in [6.07, 6.45) is 1.16. The Morgan fingerprint density at radius 1 is 1.10 bits per heavy atom. The highest BCUT2D eigenvalue weighted by Crippen LogP contribution is 2.30. The second-order valence-electron chi connectivity index (χ2n) is 9.27. The molecule has 3 aromatic rings. The number of aromatic nitrogens is 2. The number of carbonyl (C=O) groups is 3. The van der Waals surface area contributed by atoms with Gasteiger partial charge in [0, 0.05) is 36.3 Å². The van der Waals surface area contributed by atoms with Gasteiger partial charge >= 0.3 is 5.97 Å². The van der Waals surface area contributed by atoms with E-state index < -0.39 is 64.5 Å². The molecule has 1 aromatic carbocycles. The first-order chi connectivity index (χ1) is 18.4. The van der Waals surface area contributed by atoms with Crippen LogP contribution in [0.5, 0.6) is 0 Å². The molecule has 0 bridgehead atoms. The van der Waals surface area contributed by atoms with Gasteiger partial charge in [0.25, 0.3) is 5.56 Å². The summed E-state index contributed by atoms with van der Waals surface area (Å²) in [6.45, 7) is 3.35. The molecule has 2 aromatic heterocycles. The highest BCUT2D eigenvalue weighted by Gasteiger charge is 2.30. The Balaban J connectivity index is 1.68. The third-order valence-corrected chi connectivity index (χ3v) is 6.33. The Hall–Kier alpha value is -4.46. The Morgan fingerprint density at radius 3 is 2.46 bits per heavy atom. The lowest BCUT2D eigenvalue weighted by molar-refractivity contribution is -0.129. The van der Waals surface area contributed by atoms with Crippen LogP contribution >= 0.6 is 0 Å². The van der Waals surface area contributed by atoms with E-state index in [0.29, 0.717) is 16.9 Å². The van der Waals surface area contributed by atoms with E-state index in [1.165, 1.54) is 18.7 Å². The number of amides is 2. The van der Waals surface area contributed by atoms with Crippen molar-refractivity contribution in [2.24, 2.45) is 5.73 Å². The van der Waals surface area contributed by atoms with E-state index >= 15 is 4.39 Å². The number of fused-ring (bicyclic) bond motifs is 1. The van der Waals surface area contributed by atoms with E-state index in [9.17, 15) is 33.1 Å². The van der Waals surface area contributed by atoms with Crippen molar-refractivity contribution in [3.8, 4) is 11.1 Å². The molecule has 0 radical (unpaired) electrons. The quantitative estimate of drug-likeness (QED) is 0.342. The first-order valence-electron chi connectivity index (χ1n) is 11.9. The minimum Gasteiger partial charge on any atom is -0.477 e. The number of hydrogen-bond acceptors (Lipinski definition) is 7. The number of pyridine rings is 1. The second kappa shape index (κ2) is 10.7. The topological polar surface area (TPSA) is 159 Å². The summed E-state index contributed by atoms with van der Waals surface area (Å²) in [5.74, 6) is -5.66. The van der Waals surface area contributed by atoms with Gasteiger partial charge in [-0.05, 0) is 38.5 Å². The lowest BCUT2D eigenvalue weighted by Crippen LogP contribution is -2.51. The zero-order chi connectivity index (χ0) is 28.6. The number of carboxylic acid groups (broad SMARTS) is 1. The largest absolute Gasteiger partial charge is 0.477 e. The van der Waals surface area contributed by atoms with Crippen LogP contribution < -0.4 is 26.8 Å². The van der Waals surface area contributed by atoms with Gasteiger partial charge in [-0.1, -0.05) is 0 Å². The number of benzene rings is 1. The van der Waals surface area contributed by atoms with Gasteiger partial charge in [0.1, 0.15) is 28.9 Å². The van der Waals surface area contributed by atoms with Crippen molar-refractivity contribution in [1.29, 1.82) is 0 Å². The van der Waals surface area contributed by atoms with Gasteiger partial charge in [0.2, 0.25) is 11.8 Å². The second-order valence-corrected chi connectivity index (χ2v) is 9.27. The molecule has 39 heavy (non-hydrogen) atoms. The number of aromatic carboxylic acids is 1. The predicted molar refractivity (Wildman–Crippen MR) is 134 cm³/mol. The van der Waals surface area contributed by atoms with Gasteiger partial charge in [-0.3, -0.25) is 18.8 Å². The van der Waals surface area contributed by atoms with Crippen LogP contribution in [0.1, 0.15) is 30.6 Å². The van der Waals surface area contributed by atoms with E-state index in [-0.39, 0.29) is 35.7 Å². The molecular formula is C25H25F3N6O5. The molecule has 5 N–H and O–H groups in total. The standard InChI is InChI=1S/C25H25F3N6O5/c1-11(29)22(35)30-12(2)23(36)31-14-5-6-33(9-14)21-19(28)10-34-20(32-21)16(8-17(24(34)37)25(38)39)15-4-3-13(26)7-18(15)27/h3-4,7-8,10-12,14H,5-6,9,29H2,1-2H3,(H,30,35)(H,31,36)(H,38,39)/t11-,12+,14?/m1/s1. The number of nitrogens with zero attached hydrogens (tertiary/aromatic N) is 3. The molecule has 1 fully saturated rings. The fourth-order valence-electron chi connectivity index (χ4n) is 4.27. The fourth-order valence-corrected chi connectivity index (χ4v) is 4.27. The Kier molecular flexibility index (Phi) is 7.58. The molecule has 0 aliphatic carbocycles. The number of carboxylic acids is 1. The number of rotatable bonds is 7. The Bertz CT molecular complexity index is 1540. The van der Waals surface area contributed by atoms with Crippen molar-refractivity contribution in [2.45, 2.75) is 38.4 Å². The molecule has 1 unspecified atom stereocenters. The van der Waals surface area contributed by atoms with E-state index in [2.05, 4.69) is 15.6 Å². The zero-order valence-corrected chi connectivity index (χ0v) is 20.9. The molecule has 4 rings (SSSR count). The van der Waals surface area contributed by atoms with E-state index in [0.717, 1.165) is 24.4 Å². The van der Waals surface area contributed by atoms with Gasteiger partial charge in [-0.15, -0.1) is 0 Å². The molecule has 0 spiro atoms. The lowest BCUT2D eigenvalue weighted by Gasteiger charge is -2.21. The molecule has 14 heteroatoms. The fraction of sp³-hybridized carbons (Fsp3) is 0.320. The maximum Gasteiger partial charge on any atom is 0.341 e.